The molecule has 112 valence electrons. The number of carbonyl (C=O) groups is 1. The second-order valence-electron chi connectivity index (χ2n) is 5.08. The molecule has 22 heavy (non-hydrogen) atoms. The van der Waals surface area contributed by atoms with E-state index >= 15 is 0 Å². The van der Waals surface area contributed by atoms with E-state index in [-0.39, 0.29) is 5.91 Å². The average Bonchev–Trinajstić information content (AvgIpc) is 3.02. The Hall–Kier alpha value is -2.48. The van der Waals surface area contributed by atoms with E-state index in [1.807, 2.05) is 22.1 Å². The van der Waals surface area contributed by atoms with Gasteiger partial charge in [0.25, 0.3) is 5.91 Å². The molecule has 0 bridgehead atoms. The summed E-state index contributed by atoms with van der Waals surface area (Å²) in [5.41, 5.74) is 0.292. The van der Waals surface area contributed by atoms with E-state index in [0.29, 0.717) is 24.0 Å². The van der Waals surface area contributed by atoms with Gasteiger partial charge in [0.2, 0.25) is 0 Å². The summed E-state index contributed by atoms with van der Waals surface area (Å²) in [7, 11) is 0. The number of oxazole rings is 1. The summed E-state index contributed by atoms with van der Waals surface area (Å²) in [5.74, 6) is 0.982. The summed E-state index contributed by atoms with van der Waals surface area (Å²) in [6.45, 7) is 0.325. The first-order valence-corrected chi connectivity index (χ1v) is 7.85. The second kappa shape index (κ2) is 5.38. The first kappa shape index (κ1) is 13.2. The highest BCUT2D eigenvalue weighted by Crippen LogP contribution is 2.35. The number of nitrogens with zero attached hydrogens (tertiary/aromatic N) is 4. The van der Waals surface area contributed by atoms with Crippen molar-refractivity contribution in [3.05, 3.63) is 41.8 Å². The van der Waals surface area contributed by atoms with Gasteiger partial charge in [-0.2, -0.15) is 0 Å². The standard InChI is InChI=1S/C14H13N5O2S/c20-14(12-13(21-8-16-12)10-2-1-5-22-10)15-6-11-18-17-7-19(11)9-3-4-9/h1-2,5,7-9H,3-4,6H2,(H,15,20). The predicted molar refractivity (Wildman–Crippen MR) is 79.3 cm³/mol. The van der Waals surface area contributed by atoms with Gasteiger partial charge in [0.1, 0.15) is 6.33 Å². The van der Waals surface area contributed by atoms with E-state index in [4.69, 9.17) is 4.42 Å². The molecule has 1 saturated carbocycles. The fourth-order valence-corrected chi connectivity index (χ4v) is 3.00. The number of hydrogen-bond donors (Lipinski definition) is 1. The van der Waals surface area contributed by atoms with Crippen molar-refractivity contribution >= 4 is 17.2 Å². The molecule has 1 amide bonds. The smallest absolute Gasteiger partial charge is 0.274 e. The van der Waals surface area contributed by atoms with Crippen LogP contribution in [0.25, 0.3) is 10.6 Å². The van der Waals surface area contributed by atoms with Crippen LogP contribution in [-0.4, -0.2) is 25.7 Å². The number of thiophene rings is 1. The number of carbonyl (C=O) groups excluding carboxylic acids is 1. The molecule has 0 aliphatic heterocycles. The Morgan fingerprint density at radius 2 is 2.41 bits per heavy atom. The van der Waals surface area contributed by atoms with Crippen LogP contribution in [0.15, 0.2) is 34.7 Å². The zero-order valence-electron chi connectivity index (χ0n) is 11.6. The van der Waals surface area contributed by atoms with Crippen molar-refractivity contribution in [2.75, 3.05) is 0 Å². The lowest BCUT2D eigenvalue weighted by Crippen LogP contribution is -2.25. The van der Waals surface area contributed by atoms with Crippen LogP contribution < -0.4 is 5.32 Å². The Bertz CT molecular complexity index is 788. The van der Waals surface area contributed by atoms with Crippen LogP contribution in [0, 0.1) is 0 Å². The molecular weight excluding hydrogens is 302 g/mol. The Morgan fingerprint density at radius 1 is 1.50 bits per heavy atom. The Balaban J connectivity index is 1.49. The van der Waals surface area contributed by atoms with E-state index in [9.17, 15) is 4.79 Å². The van der Waals surface area contributed by atoms with Crippen molar-refractivity contribution in [2.24, 2.45) is 0 Å². The number of aromatic nitrogens is 4. The van der Waals surface area contributed by atoms with Crippen LogP contribution >= 0.6 is 11.3 Å². The van der Waals surface area contributed by atoms with Crippen molar-refractivity contribution < 1.29 is 9.21 Å². The maximum atomic E-state index is 12.3. The minimum absolute atomic E-state index is 0.275. The van der Waals surface area contributed by atoms with Crippen LogP contribution in [-0.2, 0) is 6.54 Å². The highest BCUT2D eigenvalue weighted by molar-refractivity contribution is 7.13. The van der Waals surface area contributed by atoms with Crippen LogP contribution in [0.4, 0.5) is 0 Å². The third-order valence-electron chi connectivity index (χ3n) is 3.52. The summed E-state index contributed by atoms with van der Waals surface area (Å²) in [5, 5.41) is 12.7. The van der Waals surface area contributed by atoms with E-state index in [0.717, 1.165) is 23.5 Å². The lowest BCUT2D eigenvalue weighted by atomic mass is 10.3. The molecule has 1 fully saturated rings. The van der Waals surface area contributed by atoms with Crippen LogP contribution in [0.5, 0.6) is 0 Å². The number of amides is 1. The van der Waals surface area contributed by atoms with Gasteiger partial charge in [-0.3, -0.25) is 4.79 Å². The number of rotatable bonds is 5. The molecule has 4 rings (SSSR count). The van der Waals surface area contributed by atoms with Gasteiger partial charge < -0.3 is 14.3 Å². The lowest BCUT2D eigenvalue weighted by molar-refractivity contribution is 0.0945. The van der Waals surface area contributed by atoms with E-state index < -0.39 is 0 Å². The molecule has 1 aliphatic rings. The fraction of sp³-hybridized carbons (Fsp3) is 0.286. The molecule has 7 nitrogen and oxygen atoms in total. The van der Waals surface area contributed by atoms with Gasteiger partial charge >= 0.3 is 0 Å². The van der Waals surface area contributed by atoms with Gasteiger partial charge in [0, 0.05) is 6.04 Å². The molecule has 1 N–H and O–H groups in total. The van der Waals surface area contributed by atoms with Crippen LogP contribution in [0.3, 0.4) is 0 Å². The summed E-state index contributed by atoms with van der Waals surface area (Å²) < 4.78 is 7.36. The summed E-state index contributed by atoms with van der Waals surface area (Å²) in [6.07, 6.45) is 5.29. The van der Waals surface area contributed by atoms with Gasteiger partial charge in [-0.25, -0.2) is 4.98 Å². The first-order chi connectivity index (χ1) is 10.8. The Labute approximate surface area is 130 Å². The maximum absolute atomic E-state index is 12.3. The third kappa shape index (κ3) is 2.41. The van der Waals surface area contributed by atoms with Crippen molar-refractivity contribution in [1.82, 2.24) is 25.1 Å². The van der Waals surface area contributed by atoms with Crippen molar-refractivity contribution in [2.45, 2.75) is 25.4 Å². The molecule has 0 spiro atoms. The second-order valence-corrected chi connectivity index (χ2v) is 6.02. The van der Waals surface area contributed by atoms with Gasteiger partial charge in [-0.15, -0.1) is 21.5 Å². The maximum Gasteiger partial charge on any atom is 0.274 e. The van der Waals surface area contributed by atoms with Gasteiger partial charge in [0.15, 0.2) is 23.7 Å². The summed E-state index contributed by atoms with van der Waals surface area (Å²) in [4.78, 5) is 17.2. The molecule has 0 unspecified atom stereocenters. The molecule has 0 saturated heterocycles. The summed E-state index contributed by atoms with van der Waals surface area (Å²) >= 11 is 1.50. The minimum atomic E-state index is -0.275. The Morgan fingerprint density at radius 3 is 3.18 bits per heavy atom. The predicted octanol–water partition coefficient (Wildman–Crippen LogP) is 2.26. The molecule has 3 aromatic heterocycles. The highest BCUT2D eigenvalue weighted by Gasteiger charge is 2.26. The number of hydrogen-bond acceptors (Lipinski definition) is 6. The van der Waals surface area contributed by atoms with Crippen molar-refractivity contribution in [1.29, 1.82) is 0 Å². The zero-order valence-corrected chi connectivity index (χ0v) is 12.4. The minimum Gasteiger partial charge on any atom is -0.442 e. The lowest BCUT2D eigenvalue weighted by Gasteiger charge is -2.06. The van der Waals surface area contributed by atoms with Gasteiger partial charge in [-0.05, 0) is 24.3 Å². The van der Waals surface area contributed by atoms with E-state index in [1.165, 1.54) is 17.7 Å². The molecule has 3 aromatic rings. The first-order valence-electron chi connectivity index (χ1n) is 6.97. The van der Waals surface area contributed by atoms with Gasteiger partial charge in [0.05, 0.1) is 11.4 Å². The largest absolute Gasteiger partial charge is 0.442 e. The van der Waals surface area contributed by atoms with Crippen LogP contribution in [0.2, 0.25) is 0 Å². The average molecular weight is 315 g/mol. The van der Waals surface area contributed by atoms with Crippen molar-refractivity contribution in [3.8, 4) is 10.6 Å². The van der Waals surface area contributed by atoms with E-state index in [1.54, 1.807) is 6.33 Å². The van der Waals surface area contributed by atoms with Crippen molar-refractivity contribution in [3.63, 3.8) is 0 Å². The Kier molecular flexibility index (Phi) is 3.23. The fourth-order valence-electron chi connectivity index (χ4n) is 2.28. The quantitative estimate of drug-likeness (QED) is 0.780. The third-order valence-corrected chi connectivity index (χ3v) is 4.39. The highest BCUT2D eigenvalue weighted by atomic mass is 32.1. The zero-order chi connectivity index (χ0) is 14.9. The molecule has 0 aromatic carbocycles. The van der Waals surface area contributed by atoms with Gasteiger partial charge in [-0.1, -0.05) is 6.07 Å². The monoisotopic (exact) mass is 315 g/mol. The molecule has 8 heteroatoms. The van der Waals surface area contributed by atoms with E-state index in [2.05, 4.69) is 20.5 Å². The molecule has 0 radical (unpaired) electrons. The number of nitrogens with one attached hydrogen (secondary N) is 1. The van der Waals surface area contributed by atoms with Crippen LogP contribution in [0.1, 0.15) is 35.2 Å². The molecule has 1 aliphatic carbocycles. The normalized spacial score (nSPS) is 14.2. The SMILES string of the molecule is O=C(NCc1nncn1C1CC1)c1ncoc1-c1cccs1. The molecule has 0 atom stereocenters. The topological polar surface area (TPSA) is 85.8 Å². The molecule has 3 heterocycles. The molecular formula is C14H13N5O2S. The summed E-state index contributed by atoms with van der Waals surface area (Å²) in [6, 6.07) is 4.28.